The third-order valence-corrected chi connectivity index (χ3v) is 5.76. The Hall–Kier alpha value is -2.54. The molecular formula is C21H30N6O. The third-order valence-electron chi connectivity index (χ3n) is 5.76. The minimum atomic E-state index is 0.843. The van der Waals surface area contributed by atoms with Crippen LogP contribution in [-0.2, 0) is 0 Å². The van der Waals surface area contributed by atoms with Crippen LogP contribution in [0.1, 0.15) is 6.92 Å². The molecule has 150 valence electrons. The van der Waals surface area contributed by atoms with Gasteiger partial charge in [-0.15, -0.1) is 0 Å². The van der Waals surface area contributed by atoms with Gasteiger partial charge < -0.3 is 24.3 Å². The second-order valence-corrected chi connectivity index (χ2v) is 7.28. The van der Waals surface area contributed by atoms with Crippen LogP contribution in [0, 0.1) is 0 Å². The number of nitrogens with zero attached hydrogens (tertiary/aromatic N) is 6. The number of aromatic nitrogens is 2. The Bertz CT molecular complexity index is 769. The Kier molecular flexibility index (Phi) is 5.81. The lowest BCUT2D eigenvalue weighted by Gasteiger charge is -2.37. The largest absolute Gasteiger partial charge is 0.495 e. The van der Waals surface area contributed by atoms with E-state index in [0.29, 0.717) is 0 Å². The maximum Gasteiger partial charge on any atom is 0.227 e. The SMILES string of the molecule is CCN1CCN(c2ccnc(N3CCN(c4ccccc4OC)CC3)n2)CC1. The highest BCUT2D eigenvalue weighted by atomic mass is 16.5. The second-order valence-electron chi connectivity index (χ2n) is 7.28. The number of hydrogen-bond acceptors (Lipinski definition) is 7. The van der Waals surface area contributed by atoms with Gasteiger partial charge in [0.05, 0.1) is 12.8 Å². The molecule has 1 aromatic carbocycles. The number of ether oxygens (including phenoxy) is 1. The van der Waals surface area contributed by atoms with Gasteiger partial charge in [-0.1, -0.05) is 19.1 Å². The van der Waals surface area contributed by atoms with Crippen molar-refractivity contribution in [2.45, 2.75) is 6.92 Å². The predicted octanol–water partition coefficient (Wildman–Crippen LogP) is 1.95. The summed E-state index contributed by atoms with van der Waals surface area (Å²) in [5.41, 5.74) is 1.16. The van der Waals surface area contributed by atoms with Gasteiger partial charge in [0.25, 0.3) is 0 Å². The molecule has 2 aliphatic rings. The highest BCUT2D eigenvalue weighted by Gasteiger charge is 2.23. The molecular weight excluding hydrogens is 352 g/mol. The molecule has 0 atom stereocenters. The van der Waals surface area contributed by atoms with E-state index in [-0.39, 0.29) is 0 Å². The molecule has 0 aliphatic carbocycles. The van der Waals surface area contributed by atoms with Crippen LogP contribution >= 0.6 is 0 Å². The number of hydrogen-bond donors (Lipinski definition) is 0. The molecule has 7 heteroatoms. The summed E-state index contributed by atoms with van der Waals surface area (Å²) in [4.78, 5) is 19.0. The molecule has 2 aliphatic heterocycles. The first-order valence-electron chi connectivity index (χ1n) is 10.2. The predicted molar refractivity (Wildman–Crippen MR) is 114 cm³/mol. The minimum Gasteiger partial charge on any atom is -0.495 e. The molecule has 0 N–H and O–H groups in total. The summed E-state index contributed by atoms with van der Waals surface area (Å²) in [5.74, 6) is 2.82. The zero-order chi connectivity index (χ0) is 19.3. The van der Waals surface area contributed by atoms with E-state index in [1.165, 1.54) is 0 Å². The van der Waals surface area contributed by atoms with E-state index in [9.17, 15) is 0 Å². The van der Waals surface area contributed by atoms with Crippen LogP contribution in [0.2, 0.25) is 0 Å². The van der Waals surface area contributed by atoms with Crippen LogP contribution < -0.4 is 19.4 Å². The van der Waals surface area contributed by atoms with Crippen LogP contribution in [0.4, 0.5) is 17.5 Å². The van der Waals surface area contributed by atoms with E-state index in [0.717, 1.165) is 82.1 Å². The van der Waals surface area contributed by atoms with Crippen LogP contribution in [0.15, 0.2) is 36.5 Å². The summed E-state index contributed by atoms with van der Waals surface area (Å²) < 4.78 is 5.52. The number of benzene rings is 1. The van der Waals surface area contributed by atoms with Gasteiger partial charge in [0.1, 0.15) is 11.6 Å². The van der Waals surface area contributed by atoms with Crippen molar-refractivity contribution in [3.05, 3.63) is 36.5 Å². The van der Waals surface area contributed by atoms with Crippen LogP contribution in [0.25, 0.3) is 0 Å². The Labute approximate surface area is 167 Å². The molecule has 0 unspecified atom stereocenters. The van der Waals surface area contributed by atoms with Gasteiger partial charge in [-0.25, -0.2) is 4.98 Å². The first-order valence-corrected chi connectivity index (χ1v) is 10.2. The lowest BCUT2D eigenvalue weighted by molar-refractivity contribution is 0.270. The zero-order valence-corrected chi connectivity index (χ0v) is 16.9. The Morgan fingerprint density at radius 1 is 0.857 bits per heavy atom. The molecule has 0 spiro atoms. The van der Waals surface area contributed by atoms with Crippen molar-refractivity contribution in [1.29, 1.82) is 0 Å². The summed E-state index contributed by atoms with van der Waals surface area (Å²) in [6.07, 6.45) is 1.90. The lowest BCUT2D eigenvalue weighted by Crippen LogP contribution is -2.48. The molecule has 4 rings (SSSR count). The first-order chi connectivity index (χ1) is 13.8. The Morgan fingerprint density at radius 3 is 2.25 bits per heavy atom. The fourth-order valence-electron chi connectivity index (χ4n) is 4.00. The average Bonchev–Trinajstić information content (AvgIpc) is 2.79. The molecule has 1 aromatic heterocycles. The molecule has 28 heavy (non-hydrogen) atoms. The van der Waals surface area contributed by atoms with Gasteiger partial charge in [-0.3, -0.25) is 0 Å². The van der Waals surface area contributed by atoms with E-state index in [1.807, 2.05) is 24.4 Å². The van der Waals surface area contributed by atoms with E-state index in [1.54, 1.807) is 7.11 Å². The maximum absolute atomic E-state index is 5.52. The quantitative estimate of drug-likeness (QED) is 0.783. The fourth-order valence-corrected chi connectivity index (χ4v) is 4.00. The van der Waals surface area contributed by atoms with Crippen molar-refractivity contribution in [3.8, 4) is 5.75 Å². The highest BCUT2D eigenvalue weighted by molar-refractivity contribution is 5.59. The third kappa shape index (κ3) is 3.99. The van der Waals surface area contributed by atoms with Crippen LogP contribution in [0.5, 0.6) is 5.75 Å². The van der Waals surface area contributed by atoms with Gasteiger partial charge in [0.15, 0.2) is 0 Å². The number of rotatable bonds is 5. The summed E-state index contributed by atoms with van der Waals surface area (Å²) in [7, 11) is 1.73. The normalized spacial score (nSPS) is 18.4. The average molecular weight is 383 g/mol. The van der Waals surface area contributed by atoms with E-state index < -0.39 is 0 Å². The Morgan fingerprint density at radius 2 is 1.54 bits per heavy atom. The number of methoxy groups -OCH3 is 1. The molecule has 0 radical (unpaired) electrons. The summed E-state index contributed by atoms with van der Waals surface area (Å²) in [6.45, 7) is 11.3. The van der Waals surface area contributed by atoms with Crippen molar-refractivity contribution in [1.82, 2.24) is 14.9 Å². The smallest absolute Gasteiger partial charge is 0.227 e. The second kappa shape index (κ2) is 8.65. The molecule has 0 saturated carbocycles. The highest BCUT2D eigenvalue weighted by Crippen LogP contribution is 2.29. The number of likely N-dealkylation sites (N-methyl/N-ethyl adjacent to an activating group) is 1. The van der Waals surface area contributed by atoms with E-state index >= 15 is 0 Å². The van der Waals surface area contributed by atoms with Crippen molar-refractivity contribution < 1.29 is 4.74 Å². The van der Waals surface area contributed by atoms with Crippen LogP contribution in [0.3, 0.4) is 0 Å². The van der Waals surface area contributed by atoms with Crippen molar-refractivity contribution in [2.75, 3.05) is 80.7 Å². The van der Waals surface area contributed by atoms with Gasteiger partial charge in [-0.05, 0) is 24.7 Å². The van der Waals surface area contributed by atoms with Gasteiger partial charge in [0.2, 0.25) is 5.95 Å². The topological polar surface area (TPSA) is 48.0 Å². The van der Waals surface area contributed by atoms with Gasteiger partial charge >= 0.3 is 0 Å². The molecule has 2 fully saturated rings. The lowest BCUT2D eigenvalue weighted by atomic mass is 10.2. The molecule has 0 bridgehead atoms. The number of anilines is 3. The monoisotopic (exact) mass is 382 g/mol. The summed E-state index contributed by atoms with van der Waals surface area (Å²) >= 11 is 0. The standard InChI is InChI=1S/C21H30N6O/c1-3-24-10-12-26(13-11-24)20-8-9-22-21(23-20)27-16-14-25(15-17-27)18-6-4-5-7-19(18)28-2/h4-9H,3,10-17H2,1-2H3. The molecule has 2 aromatic rings. The fraction of sp³-hybridized carbons (Fsp3) is 0.524. The Balaban J connectivity index is 1.40. The van der Waals surface area contributed by atoms with E-state index in [2.05, 4.69) is 43.6 Å². The van der Waals surface area contributed by atoms with Gasteiger partial charge in [0, 0.05) is 58.6 Å². The van der Waals surface area contributed by atoms with Crippen molar-refractivity contribution in [2.24, 2.45) is 0 Å². The first kappa shape index (κ1) is 18.8. The van der Waals surface area contributed by atoms with Crippen molar-refractivity contribution in [3.63, 3.8) is 0 Å². The molecule has 2 saturated heterocycles. The van der Waals surface area contributed by atoms with Crippen LogP contribution in [-0.4, -0.2) is 80.9 Å². The van der Waals surface area contributed by atoms with Gasteiger partial charge in [-0.2, -0.15) is 4.98 Å². The molecule has 3 heterocycles. The molecule has 0 amide bonds. The minimum absolute atomic E-state index is 0.843. The number of piperazine rings is 2. The van der Waals surface area contributed by atoms with E-state index in [4.69, 9.17) is 9.72 Å². The summed E-state index contributed by atoms with van der Waals surface area (Å²) in [6, 6.07) is 10.3. The molecule has 7 nitrogen and oxygen atoms in total. The number of para-hydroxylation sites is 2. The van der Waals surface area contributed by atoms with Crippen molar-refractivity contribution >= 4 is 17.5 Å². The summed E-state index contributed by atoms with van der Waals surface area (Å²) in [5, 5.41) is 0. The maximum atomic E-state index is 5.52. The zero-order valence-electron chi connectivity index (χ0n) is 16.9.